The Kier molecular flexibility index (Phi) is 3.12. The van der Waals surface area contributed by atoms with Crippen LogP contribution in [0.15, 0.2) is 0 Å². The molecule has 1 saturated heterocycles. The van der Waals surface area contributed by atoms with Gasteiger partial charge in [-0.3, -0.25) is 0 Å². The van der Waals surface area contributed by atoms with Gasteiger partial charge in [0, 0.05) is 0 Å². The predicted octanol–water partition coefficient (Wildman–Crippen LogP) is 0.334. The molecule has 0 bridgehead atoms. The predicted molar refractivity (Wildman–Crippen MR) is 36.3 cm³/mol. The molecule has 0 spiro atoms. The van der Waals surface area contributed by atoms with Crippen molar-refractivity contribution >= 4 is 0 Å². The maximum Gasteiger partial charge on any atom is 0.154 e. The fourth-order valence-corrected chi connectivity index (χ4v) is 0.641. The first kappa shape index (κ1) is 7.98. The van der Waals surface area contributed by atoms with Crippen LogP contribution in [0.4, 0.5) is 0 Å². The minimum atomic E-state index is -0.651. The zero-order valence-electron chi connectivity index (χ0n) is 5.95. The second-order valence-corrected chi connectivity index (χ2v) is 2.39. The Balaban J connectivity index is 1.89. The molecule has 2 atom stereocenters. The summed E-state index contributed by atoms with van der Waals surface area (Å²) in [7, 11) is 0. The van der Waals surface area contributed by atoms with Crippen molar-refractivity contribution in [3.63, 3.8) is 0 Å². The van der Waals surface area contributed by atoms with Crippen molar-refractivity contribution in [3.05, 3.63) is 6.92 Å². The van der Waals surface area contributed by atoms with Crippen LogP contribution in [0.2, 0.25) is 0 Å². The molecule has 1 N–H and O–H groups in total. The molecule has 1 aliphatic heterocycles. The highest BCUT2D eigenvalue weighted by atomic mass is 16.6. The summed E-state index contributed by atoms with van der Waals surface area (Å²) in [6, 6.07) is 0. The van der Waals surface area contributed by atoms with Gasteiger partial charge in [-0.2, -0.15) is 0 Å². The standard InChI is InChI=1S/C7H13O3/c1-2-3-7(8)10-5-6-4-9-6/h6-8H,1-5H2. The molecular weight excluding hydrogens is 132 g/mol. The van der Waals surface area contributed by atoms with E-state index < -0.39 is 6.29 Å². The minimum Gasteiger partial charge on any atom is -0.371 e. The van der Waals surface area contributed by atoms with Gasteiger partial charge in [0.25, 0.3) is 0 Å². The van der Waals surface area contributed by atoms with Crippen LogP contribution in [0.5, 0.6) is 0 Å². The summed E-state index contributed by atoms with van der Waals surface area (Å²) in [6.07, 6.45) is 0.889. The Morgan fingerprint density at radius 1 is 1.80 bits per heavy atom. The first-order valence-corrected chi connectivity index (χ1v) is 3.53. The summed E-state index contributed by atoms with van der Waals surface area (Å²) in [5.74, 6) is 0. The molecule has 0 aliphatic carbocycles. The molecule has 0 aromatic heterocycles. The fourth-order valence-electron chi connectivity index (χ4n) is 0.641. The topological polar surface area (TPSA) is 42.0 Å². The number of hydrogen-bond donors (Lipinski definition) is 1. The van der Waals surface area contributed by atoms with E-state index in [0.717, 1.165) is 6.61 Å². The Hall–Kier alpha value is -0.120. The molecule has 0 aromatic rings. The van der Waals surface area contributed by atoms with E-state index in [-0.39, 0.29) is 6.10 Å². The third kappa shape index (κ3) is 3.15. The van der Waals surface area contributed by atoms with E-state index in [1.807, 2.05) is 0 Å². The van der Waals surface area contributed by atoms with Crippen LogP contribution < -0.4 is 0 Å². The number of epoxide rings is 1. The molecule has 2 unspecified atom stereocenters. The van der Waals surface area contributed by atoms with E-state index in [9.17, 15) is 0 Å². The number of aliphatic hydroxyl groups excluding tert-OH is 1. The van der Waals surface area contributed by atoms with Crippen LogP contribution in [0.1, 0.15) is 12.8 Å². The van der Waals surface area contributed by atoms with Crippen LogP contribution in [0, 0.1) is 6.92 Å². The molecule has 59 valence electrons. The number of rotatable bonds is 5. The van der Waals surface area contributed by atoms with Crippen molar-refractivity contribution in [1.29, 1.82) is 0 Å². The summed E-state index contributed by atoms with van der Waals surface area (Å²) in [4.78, 5) is 0. The van der Waals surface area contributed by atoms with Gasteiger partial charge in [-0.1, -0.05) is 6.92 Å². The third-order valence-corrected chi connectivity index (χ3v) is 1.33. The van der Waals surface area contributed by atoms with Gasteiger partial charge in [-0.05, 0) is 12.8 Å². The van der Waals surface area contributed by atoms with Crippen molar-refractivity contribution in [2.24, 2.45) is 0 Å². The monoisotopic (exact) mass is 145 g/mol. The van der Waals surface area contributed by atoms with Crippen LogP contribution in [0.3, 0.4) is 0 Å². The lowest BCUT2D eigenvalue weighted by Gasteiger charge is -2.08. The molecule has 10 heavy (non-hydrogen) atoms. The molecule has 3 heteroatoms. The van der Waals surface area contributed by atoms with E-state index >= 15 is 0 Å². The van der Waals surface area contributed by atoms with E-state index in [1.165, 1.54) is 0 Å². The molecule has 1 radical (unpaired) electrons. The first-order valence-electron chi connectivity index (χ1n) is 3.53. The SMILES string of the molecule is [CH2]CCC(O)OCC1CO1. The fraction of sp³-hybridized carbons (Fsp3) is 0.857. The summed E-state index contributed by atoms with van der Waals surface area (Å²) in [5.41, 5.74) is 0. The summed E-state index contributed by atoms with van der Waals surface area (Å²) < 4.78 is 9.88. The van der Waals surface area contributed by atoms with Crippen LogP contribution in [-0.4, -0.2) is 30.7 Å². The maximum atomic E-state index is 9.01. The largest absolute Gasteiger partial charge is 0.371 e. The molecule has 0 amide bonds. The lowest BCUT2D eigenvalue weighted by Crippen LogP contribution is -2.14. The van der Waals surface area contributed by atoms with E-state index in [0.29, 0.717) is 19.4 Å². The van der Waals surface area contributed by atoms with Gasteiger partial charge in [-0.15, -0.1) is 0 Å². The number of aliphatic hydroxyl groups is 1. The van der Waals surface area contributed by atoms with E-state index in [2.05, 4.69) is 6.92 Å². The second-order valence-electron chi connectivity index (χ2n) is 2.39. The molecule has 1 fully saturated rings. The minimum absolute atomic E-state index is 0.236. The number of hydrogen-bond acceptors (Lipinski definition) is 3. The average Bonchev–Trinajstić information content (AvgIpc) is 2.67. The smallest absolute Gasteiger partial charge is 0.154 e. The van der Waals surface area contributed by atoms with Gasteiger partial charge >= 0.3 is 0 Å². The van der Waals surface area contributed by atoms with Gasteiger partial charge in [0.05, 0.1) is 13.2 Å². The van der Waals surface area contributed by atoms with Crippen molar-refractivity contribution in [2.45, 2.75) is 25.2 Å². The molecule has 1 aliphatic rings. The van der Waals surface area contributed by atoms with Crippen LogP contribution in [0.25, 0.3) is 0 Å². The van der Waals surface area contributed by atoms with Crippen molar-refractivity contribution in [1.82, 2.24) is 0 Å². The van der Waals surface area contributed by atoms with Crippen LogP contribution in [-0.2, 0) is 9.47 Å². The van der Waals surface area contributed by atoms with Crippen molar-refractivity contribution in [3.8, 4) is 0 Å². The first-order chi connectivity index (χ1) is 4.83. The molecule has 0 saturated carbocycles. The lowest BCUT2D eigenvalue weighted by molar-refractivity contribution is -0.106. The highest BCUT2D eigenvalue weighted by Crippen LogP contribution is 2.10. The Morgan fingerprint density at radius 3 is 3.00 bits per heavy atom. The normalized spacial score (nSPS) is 26.4. The highest BCUT2D eigenvalue weighted by Gasteiger charge is 2.23. The lowest BCUT2D eigenvalue weighted by atomic mass is 10.3. The molecule has 3 nitrogen and oxygen atoms in total. The summed E-state index contributed by atoms with van der Waals surface area (Å²) in [5, 5.41) is 9.01. The van der Waals surface area contributed by atoms with Gasteiger partial charge in [0.2, 0.25) is 0 Å². The zero-order valence-corrected chi connectivity index (χ0v) is 5.95. The Morgan fingerprint density at radius 2 is 2.50 bits per heavy atom. The van der Waals surface area contributed by atoms with E-state index in [1.54, 1.807) is 0 Å². The van der Waals surface area contributed by atoms with Crippen molar-refractivity contribution in [2.75, 3.05) is 13.2 Å². The highest BCUT2D eigenvalue weighted by molar-refractivity contribution is 4.67. The molecule has 0 aromatic carbocycles. The van der Waals surface area contributed by atoms with Gasteiger partial charge in [-0.25, -0.2) is 0 Å². The summed E-state index contributed by atoms with van der Waals surface area (Å²) >= 11 is 0. The zero-order chi connectivity index (χ0) is 7.40. The summed E-state index contributed by atoms with van der Waals surface area (Å²) in [6.45, 7) is 4.89. The molecular formula is C7H13O3. The third-order valence-electron chi connectivity index (χ3n) is 1.33. The quantitative estimate of drug-likeness (QED) is 0.448. The number of ether oxygens (including phenoxy) is 2. The van der Waals surface area contributed by atoms with E-state index in [4.69, 9.17) is 14.6 Å². The van der Waals surface area contributed by atoms with Gasteiger partial charge in [0.1, 0.15) is 6.10 Å². The molecule has 1 heterocycles. The van der Waals surface area contributed by atoms with Crippen molar-refractivity contribution < 1.29 is 14.6 Å². The Labute approximate surface area is 60.9 Å². The second kappa shape index (κ2) is 3.91. The average molecular weight is 145 g/mol. The van der Waals surface area contributed by atoms with Gasteiger partial charge in [0.15, 0.2) is 6.29 Å². The van der Waals surface area contributed by atoms with Gasteiger partial charge < -0.3 is 14.6 Å². The maximum absolute atomic E-state index is 9.01. The van der Waals surface area contributed by atoms with Crippen LogP contribution >= 0.6 is 0 Å². The molecule has 1 rings (SSSR count). The Bertz CT molecular complexity index is 90.9.